The van der Waals surface area contributed by atoms with Gasteiger partial charge in [-0.2, -0.15) is 0 Å². The molecule has 18 heavy (non-hydrogen) atoms. The molecule has 0 saturated carbocycles. The largest absolute Gasteiger partial charge is 0.311 e. The normalized spacial score (nSPS) is 26.6. The highest BCUT2D eigenvalue weighted by Gasteiger charge is 2.17. The Morgan fingerprint density at radius 1 is 1.28 bits per heavy atom. The number of nitrogens with one attached hydrogen (secondary N) is 1. The van der Waals surface area contributed by atoms with Crippen LogP contribution in [0.15, 0.2) is 24.5 Å². The Morgan fingerprint density at radius 3 is 2.72 bits per heavy atom. The molecule has 1 fully saturated rings. The topological polar surface area (TPSA) is 28.2 Å². The fourth-order valence-corrected chi connectivity index (χ4v) is 2.62. The summed E-state index contributed by atoms with van der Waals surface area (Å²) in [5, 5.41) is 3.72. The average molecular weight is 247 g/mol. The molecule has 1 N–H and O–H groups in total. The maximum atomic E-state index is 4.08. The summed E-state index contributed by atoms with van der Waals surface area (Å²) in [7, 11) is 0. The average Bonchev–Trinajstić information content (AvgIpc) is 2.39. The summed E-state index contributed by atoms with van der Waals surface area (Å²) >= 11 is 0. The zero-order chi connectivity index (χ0) is 12.8. The first-order chi connectivity index (χ1) is 8.78. The first kappa shape index (κ1) is 13.5. The zero-order valence-electron chi connectivity index (χ0n) is 11.6. The van der Waals surface area contributed by atoms with Crippen molar-refractivity contribution in [3.8, 4) is 0 Å². The zero-order valence-corrected chi connectivity index (χ0v) is 11.6. The highest BCUT2D eigenvalue weighted by atomic mass is 15.1. The smallest absolute Gasteiger partial charge is 0.0271 e. The number of rotatable bonds is 3. The van der Waals surface area contributed by atoms with Crippen LogP contribution in [-0.4, -0.2) is 35.1 Å². The molecule has 2 heterocycles. The molecule has 2 unspecified atom stereocenters. The summed E-state index contributed by atoms with van der Waals surface area (Å²) in [6.45, 7) is 8.02. The number of aromatic nitrogens is 1. The van der Waals surface area contributed by atoms with Gasteiger partial charge in [-0.25, -0.2) is 0 Å². The molecule has 0 spiro atoms. The molecule has 3 heteroatoms. The van der Waals surface area contributed by atoms with E-state index in [0.29, 0.717) is 12.1 Å². The predicted molar refractivity (Wildman–Crippen MR) is 75.4 cm³/mol. The quantitative estimate of drug-likeness (QED) is 0.889. The van der Waals surface area contributed by atoms with Gasteiger partial charge in [0, 0.05) is 31.0 Å². The van der Waals surface area contributed by atoms with Crippen molar-refractivity contribution < 1.29 is 0 Å². The molecule has 1 aromatic heterocycles. The molecule has 3 nitrogen and oxygen atoms in total. The van der Waals surface area contributed by atoms with Gasteiger partial charge in [-0.1, -0.05) is 6.92 Å². The lowest BCUT2D eigenvalue weighted by molar-refractivity contribution is 0.206. The van der Waals surface area contributed by atoms with Crippen LogP contribution in [0.3, 0.4) is 0 Å². The minimum atomic E-state index is 0.634. The van der Waals surface area contributed by atoms with Crippen LogP contribution < -0.4 is 5.32 Å². The second kappa shape index (κ2) is 6.86. The first-order valence-electron chi connectivity index (χ1n) is 7.15. The summed E-state index contributed by atoms with van der Waals surface area (Å²) in [6, 6.07) is 5.56. The lowest BCUT2D eigenvalue weighted by Gasteiger charge is -2.32. The van der Waals surface area contributed by atoms with E-state index in [2.05, 4.69) is 41.2 Å². The Balaban J connectivity index is 1.91. The van der Waals surface area contributed by atoms with Crippen molar-refractivity contribution in [3.05, 3.63) is 30.1 Å². The van der Waals surface area contributed by atoms with E-state index in [4.69, 9.17) is 0 Å². The third-order valence-corrected chi connectivity index (χ3v) is 3.84. The van der Waals surface area contributed by atoms with E-state index in [-0.39, 0.29) is 0 Å². The Kier molecular flexibility index (Phi) is 5.14. The number of hydrogen-bond acceptors (Lipinski definition) is 3. The van der Waals surface area contributed by atoms with E-state index in [9.17, 15) is 0 Å². The third kappa shape index (κ3) is 4.07. The van der Waals surface area contributed by atoms with E-state index in [1.54, 1.807) is 0 Å². The maximum absolute atomic E-state index is 4.08. The van der Waals surface area contributed by atoms with Gasteiger partial charge in [0.15, 0.2) is 0 Å². The molecular weight excluding hydrogens is 222 g/mol. The molecule has 1 aliphatic heterocycles. The monoisotopic (exact) mass is 247 g/mol. The fourth-order valence-electron chi connectivity index (χ4n) is 2.62. The van der Waals surface area contributed by atoms with Crippen molar-refractivity contribution in [2.45, 2.75) is 51.7 Å². The van der Waals surface area contributed by atoms with Crippen molar-refractivity contribution in [2.24, 2.45) is 0 Å². The van der Waals surface area contributed by atoms with Gasteiger partial charge in [-0.15, -0.1) is 0 Å². The molecule has 1 aliphatic rings. The number of hydrogen-bond donors (Lipinski definition) is 1. The SMILES string of the molecule is CCC1CCN(Cc2ccncc2)CCC(C)N1. The lowest BCUT2D eigenvalue weighted by Crippen LogP contribution is -2.43. The van der Waals surface area contributed by atoms with Gasteiger partial charge in [-0.3, -0.25) is 9.88 Å². The van der Waals surface area contributed by atoms with Crippen LogP contribution in [0.4, 0.5) is 0 Å². The van der Waals surface area contributed by atoms with E-state index in [0.717, 1.165) is 6.54 Å². The maximum Gasteiger partial charge on any atom is 0.0271 e. The molecule has 2 rings (SSSR count). The summed E-state index contributed by atoms with van der Waals surface area (Å²) in [5.41, 5.74) is 1.37. The molecule has 0 aliphatic carbocycles. The van der Waals surface area contributed by atoms with Crippen LogP contribution in [0.1, 0.15) is 38.7 Å². The Morgan fingerprint density at radius 2 is 2.00 bits per heavy atom. The van der Waals surface area contributed by atoms with Gasteiger partial charge < -0.3 is 5.32 Å². The van der Waals surface area contributed by atoms with Crippen molar-refractivity contribution in [1.29, 1.82) is 0 Å². The predicted octanol–water partition coefficient (Wildman–Crippen LogP) is 2.43. The molecular formula is C15H25N3. The molecule has 0 aromatic carbocycles. The summed E-state index contributed by atoms with van der Waals surface area (Å²) in [4.78, 5) is 6.66. The van der Waals surface area contributed by atoms with E-state index < -0.39 is 0 Å². The van der Waals surface area contributed by atoms with Crippen LogP contribution in [0.25, 0.3) is 0 Å². The van der Waals surface area contributed by atoms with Gasteiger partial charge in [0.2, 0.25) is 0 Å². The molecule has 100 valence electrons. The standard InChI is InChI=1S/C15H25N3/c1-3-15-7-11-18(10-6-13(2)17-15)12-14-4-8-16-9-5-14/h4-5,8-9,13,15,17H,3,6-7,10-12H2,1-2H3. The first-order valence-corrected chi connectivity index (χ1v) is 7.15. The Labute approximate surface area is 111 Å². The number of nitrogens with zero attached hydrogens (tertiary/aromatic N) is 2. The van der Waals surface area contributed by atoms with Crippen LogP contribution in [0.5, 0.6) is 0 Å². The van der Waals surface area contributed by atoms with Gasteiger partial charge in [-0.05, 0) is 57.0 Å². The number of pyridine rings is 1. The van der Waals surface area contributed by atoms with E-state index >= 15 is 0 Å². The van der Waals surface area contributed by atoms with Crippen molar-refractivity contribution in [2.75, 3.05) is 13.1 Å². The van der Waals surface area contributed by atoms with Gasteiger partial charge in [0.1, 0.15) is 0 Å². The second-order valence-electron chi connectivity index (χ2n) is 5.38. The van der Waals surface area contributed by atoms with Crippen molar-refractivity contribution in [3.63, 3.8) is 0 Å². The molecule has 0 radical (unpaired) electrons. The van der Waals surface area contributed by atoms with Crippen LogP contribution in [0.2, 0.25) is 0 Å². The summed E-state index contributed by atoms with van der Waals surface area (Å²) in [6.07, 6.45) is 7.50. The van der Waals surface area contributed by atoms with Gasteiger partial charge in [0.25, 0.3) is 0 Å². The summed E-state index contributed by atoms with van der Waals surface area (Å²) < 4.78 is 0. The van der Waals surface area contributed by atoms with E-state index in [1.165, 1.54) is 37.9 Å². The second-order valence-corrected chi connectivity index (χ2v) is 5.38. The van der Waals surface area contributed by atoms with Gasteiger partial charge >= 0.3 is 0 Å². The van der Waals surface area contributed by atoms with Crippen molar-refractivity contribution in [1.82, 2.24) is 15.2 Å². The lowest BCUT2D eigenvalue weighted by atomic mass is 10.1. The van der Waals surface area contributed by atoms with E-state index in [1.807, 2.05) is 12.4 Å². The molecule has 2 atom stereocenters. The third-order valence-electron chi connectivity index (χ3n) is 3.84. The van der Waals surface area contributed by atoms with Crippen LogP contribution in [0, 0.1) is 0 Å². The molecule has 1 aromatic rings. The highest BCUT2D eigenvalue weighted by molar-refractivity contribution is 5.09. The minimum Gasteiger partial charge on any atom is -0.311 e. The Hall–Kier alpha value is -0.930. The fraction of sp³-hybridized carbons (Fsp3) is 0.667. The summed E-state index contributed by atoms with van der Waals surface area (Å²) in [5.74, 6) is 0. The Bertz CT molecular complexity index is 339. The van der Waals surface area contributed by atoms with Gasteiger partial charge in [0.05, 0.1) is 0 Å². The van der Waals surface area contributed by atoms with Crippen LogP contribution >= 0.6 is 0 Å². The molecule has 0 bridgehead atoms. The molecule has 0 amide bonds. The minimum absolute atomic E-state index is 0.634. The van der Waals surface area contributed by atoms with Crippen molar-refractivity contribution >= 4 is 0 Å². The highest BCUT2D eigenvalue weighted by Crippen LogP contribution is 2.12. The molecule has 1 saturated heterocycles. The van der Waals surface area contributed by atoms with Crippen LogP contribution in [-0.2, 0) is 6.54 Å².